The Morgan fingerprint density at radius 3 is 2.71 bits per heavy atom. The molecule has 4 aromatic rings. The number of anilines is 3. The number of nitro groups is 1. The Labute approximate surface area is 188 Å². The molecule has 2 heterocycles. The summed E-state index contributed by atoms with van der Waals surface area (Å²) in [7, 11) is 0. The summed E-state index contributed by atoms with van der Waals surface area (Å²) in [6.07, 6.45) is 1.15. The number of hydrogen-bond acceptors (Lipinski definition) is 9. The van der Waals surface area contributed by atoms with Gasteiger partial charge >= 0.3 is 5.69 Å². The Hall–Kier alpha value is -3.64. The molecule has 2 aromatic heterocycles. The van der Waals surface area contributed by atoms with Gasteiger partial charge in [-0.15, -0.1) is 0 Å². The molecule has 0 spiro atoms. The van der Waals surface area contributed by atoms with E-state index < -0.39 is 16.5 Å². The third kappa shape index (κ3) is 4.44. The Bertz CT molecular complexity index is 1310. The highest BCUT2D eigenvalue weighted by Crippen LogP contribution is 2.34. The maximum atomic E-state index is 12.4. The fourth-order valence-corrected chi connectivity index (χ4v) is 4.18. The lowest BCUT2D eigenvalue weighted by Gasteiger charge is -2.10. The molecule has 156 valence electrons. The van der Waals surface area contributed by atoms with Crippen molar-refractivity contribution in [3.05, 3.63) is 74.5 Å². The smallest absolute Gasteiger partial charge is 0.310 e. The quantitative estimate of drug-likeness (QED) is 0.259. The van der Waals surface area contributed by atoms with Crippen molar-refractivity contribution in [3.8, 4) is 0 Å². The molecule has 0 saturated heterocycles. The van der Waals surface area contributed by atoms with Crippen LogP contribution in [0.25, 0.3) is 10.2 Å². The number of fused-ring (bicyclic) bond motifs is 1. The van der Waals surface area contributed by atoms with Gasteiger partial charge in [0.2, 0.25) is 11.6 Å². The highest BCUT2D eigenvalue weighted by molar-refractivity contribution is 9.10. The molecular formula is C19H14BrN7O3S. The van der Waals surface area contributed by atoms with Crippen LogP contribution in [-0.4, -0.2) is 25.8 Å². The van der Waals surface area contributed by atoms with Gasteiger partial charge in [0.25, 0.3) is 5.91 Å². The van der Waals surface area contributed by atoms with Crippen LogP contribution in [0.1, 0.15) is 15.9 Å². The van der Waals surface area contributed by atoms with Gasteiger partial charge < -0.3 is 5.32 Å². The first-order chi connectivity index (χ1) is 14.9. The number of thiazole rings is 1. The van der Waals surface area contributed by atoms with E-state index in [1.54, 1.807) is 24.3 Å². The Kier molecular flexibility index (Phi) is 5.73. The average Bonchev–Trinajstić information content (AvgIpc) is 3.13. The fraction of sp³-hybridized carbons (Fsp3) is 0.0526. The summed E-state index contributed by atoms with van der Waals surface area (Å²) in [4.78, 5) is 35.8. The first kappa shape index (κ1) is 20.6. The highest BCUT2D eigenvalue weighted by atomic mass is 79.9. The minimum absolute atomic E-state index is 0.0478. The SMILES string of the molecule is Cc1ccc2nc(Nc3ncnc(NNC(=O)c4ccccc4Br)c3[N+](=O)[O-])sc2c1. The number of benzene rings is 2. The Morgan fingerprint density at radius 1 is 1.16 bits per heavy atom. The first-order valence-corrected chi connectivity index (χ1v) is 10.5. The van der Waals surface area contributed by atoms with Gasteiger partial charge in [0.05, 0.1) is 20.7 Å². The van der Waals surface area contributed by atoms with Crippen molar-refractivity contribution in [2.75, 3.05) is 10.7 Å². The normalized spacial score (nSPS) is 10.6. The molecule has 0 radical (unpaired) electrons. The van der Waals surface area contributed by atoms with Gasteiger partial charge in [0, 0.05) is 4.47 Å². The van der Waals surface area contributed by atoms with Crippen LogP contribution in [0.2, 0.25) is 0 Å². The van der Waals surface area contributed by atoms with Gasteiger partial charge in [-0.3, -0.25) is 25.8 Å². The number of carbonyl (C=O) groups excluding carboxylic acids is 1. The largest absolute Gasteiger partial charge is 0.355 e. The number of carbonyl (C=O) groups is 1. The van der Waals surface area contributed by atoms with Crippen LogP contribution in [0.15, 0.2) is 53.3 Å². The topological polar surface area (TPSA) is 135 Å². The van der Waals surface area contributed by atoms with Gasteiger partial charge in [0.15, 0.2) is 5.13 Å². The molecule has 0 bridgehead atoms. The van der Waals surface area contributed by atoms with Crippen LogP contribution in [0.3, 0.4) is 0 Å². The zero-order valence-corrected chi connectivity index (χ0v) is 18.3. The van der Waals surface area contributed by atoms with Gasteiger partial charge in [-0.05, 0) is 52.7 Å². The lowest BCUT2D eigenvalue weighted by atomic mass is 10.2. The van der Waals surface area contributed by atoms with E-state index in [9.17, 15) is 14.9 Å². The molecule has 0 aliphatic carbocycles. The monoisotopic (exact) mass is 499 g/mol. The lowest BCUT2D eigenvalue weighted by molar-refractivity contribution is -0.383. The molecule has 0 aliphatic rings. The van der Waals surface area contributed by atoms with Crippen molar-refractivity contribution in [1.82, 2.24) is 20.4 Å². The van der Waals surface area contributed by atoms with E-state index >= 15 is 0 Å². The molecule has 0 fully saturated rings. The summed E-state index contributed by atoms with van der Waals surface area (Å²) in [5.74, 6) is -0.704. The number of halogens is 1. The maximum Gasteiger partial charge on any atom is 0.355 e. The predicted octanol–water partition coefficient (Wildman–Crippen LogP) is 4.57. The average molecular weight is 500 g/mol. The van der Waals surface area contributed by atoms with Crippen molar-refractivity contribution >= 4 is 65.8 Å². The summed E-state index contributed by atoms with van der Waals surface area (Å²) < 4.78 is 1.53. The maximum absolute atomic E-state index is 12.4. The molecule has 3 N–H and O–H groups in total. The molecule has 0 saturated carbocycles. The summed E-state index contributed by atoms with van der Waals surface area (Å²) in [6, 6.07) is 12.6. The van der Waals surface area contributed by atoms with Crippen molar-refractivity contribution in [3.63, 3.8) is 0 Å². The predicted molar refractivity (Wildman–Crippen MR) is 122 cm³/mol. The van der Waals surface area contributed by atoms with E-state index in [1.807, 2.05) is 25.1 Å². The van der Waals surface area contributed by atoms with Crippen LogP contribution in [0.5, 0.6) is 0 Å². The zero-order chi connectivity index (χ0) is 22.0. The van der Waals surface area contributed by atoms with Gasteiger partial charge in [0.1, 0.15) is 6.33 Å². The van der Waals surface area contributed by atoms with Gasteiger partial charge in [-0.25, -0.2) is 15.0 Å². The summed E-state index contributed by atoms with van der Waals surface area (Å²) >= 11 is 4.64. The minimum Gasteiger partial charge on any atom is -0.310 e. The van der Waals surface area contributed by atoms with E-state index in [0.29, 0.717) is 15.2 Å². The summed E-state index contributed by atoms with van der Waals surface area (Å²) in [6.45, 7) is 1.97. The second kappa shape index (κ2) is 8.62. The van der Waals surface area contributed by atoms with Crippen molar-refractivity contribution in [2.45, 2.75) is 6.92 Å². The van der Waals surface area contributed by atoms with Crippen LogP contribution in [0, 0.1) is 17.0 Å². The molecule has 12 heteroatoms. The molecule has 10 nitrogen and oxygen atoms in total. The Morgan fingerprint density at radius 2 is 1.94 bits per heavy atom. The third-order valence-corrected chi connectivity index (χ3v) is 5.81. The van der Waals surface area contributed by atoms with Crippen LogP contribution < -0.4 is 16.2 Å². The van der Waals surface area contributed by atoms with E-state index in [4.69, 9.17) is 0 Å². The number of rotatable bonds is 6. The second-order valence-corrected chi connectivity index (χ2v) is 8.24. The van der Waals surface area contributed by atoms with Crippen LogP contribution >= 0.6 is 27.3 Å². The number of aryl methyl sites for hydroxylation is 1. The zero-order valence-electron chi connectivity index (χ0n) is 15.9. The highest BCUT2D eigenvalue weighted by Gasteiger charge is 2.24. The van der Waals surface area contributed by atoms with E-state index in [-0.39, 0.29) is 11.6 Å². The van der Waals surface area contributed by atoms with E-state index in [0.717, 1.165) is 22.1 Å². The molecule has 1 amide bonds. The standard InChI is InChI=1S/C19H14BrN7O3S/c1-10-6-7-13-14(8-10)31-19(23-13)24-16-15(27(29)30)17(22-9-21-16)25-26-18(28)11-4-2-3-5-12(11)20/h2-9H,1H3,(H,26,28)(H2,21,22,23,24,25). The van der Waals surface area contributed by atoms with Gasteiger partial charge in [-0.2, -0.15) is 0 Å². The summed E-state index contributed by atoms with van der Waals surface area (Å²) in [5.41, 5.74) is 6.71. The Balaban J connectivity index is 1.59. The molecule has 0 aliphatic heterocycles. The molecule has 31 heavy (non-hydrogen) atoms. The number of aromatic nitrogens is 3. The van der Waals surface area contributed by atoms with E-state index in [1.165, 1.54) is 11.3 Å². The van der Waals surface area contributed by atoms with Crippen LogP contribution in [0.4, 0.5) is 22.5 Å². The minimum atomic E-state index is -0.632. The van der Waals surface area contributed by atoms with Crippen molar-refractivity contribution < 1.29 is 9.72 Å². The van der Waals surface area contributed by atoms with Crippen molar-refractivity contribution in [1.29, 1.82) is 0 Å². The number of hydrazine groups is 1. The first-order valence-electron chi connectivity index (χ1n) is 8.87. The van der Waals surface area contributed by atoms with E-state index in [2.05, 4.69) is 47.1 Å². The number of amides is 1. The van der Waals surface area contributed by atoms with Crippen LogP contribution in [-0.2, 0) is 0 Å². The molecule has 4 rings (SSSR count). The van der Waals surface area contributed by atoms with Crippen molar-refractivity contribution in [2.24, 2.45) is 0 Å². The fourth-order valence-electron chi connectivity index (χ4n) is 2.75. The molecule has 0 atom stereocenters. The lowest BCUT2D eigenvalue weighted by Crippen LogP contribution is -2.30. The third-order valence-electron chi connectivity index (χ3n) is 4.19. The molecular weight excluding hydrogens is 486 g/mol. The molecule has 2 aromatic carbocycles. The second-order valence-electron chi connectivity index (χ2n) is 6.35. The number of nitrogens with zero attached hydrogens (tertiary/aromatic N) is 4. The number of hydrogen-bond donors (Lipinski definition) is 3. The molecule has 0 unspecified atom stereocenters. The summed E-state index contributed by atoms with van der Waals surface area (Å²) in [5, 5.41) is 15.1. The van der Waals surface area contributed by atoms with Gasteiger partial charge in [-0.1, -0.05) is 29.5 Å². The number of nitrogens with one attached hydrogen (secondary N) is 3.